The molecule has 1 aromatic heterocycles. The molecule has 1 amide bonds. The van der Waals surface area contributed by atoms with Gasteiger partial charge < -0.3 is 30.5 Å². The zero-order chi connectivity index (χ0) is 21.7. The summed E-state index contributed by atoms with van der Waals surface area (Å²) in [7, 11) is 2.08. The second kappa shape index (κ2) is 7.59. The van der Waals surface area contributed by atoms with Crippen LogP contribution in [0, 0.1) is 0 Å². The van der Waals surface area contributed by atoms with Crippen molar-refractivity contribution in [3.05, 3.63) is 59.8 Å². The molecule has 1 unspecified atom stereocenters. The molecule has 7 heteroatoms. The molecule has 2 aromatic carbocycles. The number of piperidine rings is 1. The first-order valence-corrected chi connectivity index (χ1v) is 10.9. The van der Waals surface area contributed by atoms with Crippen molar-refractivity contribution in [2.45, 2.75) is 38.2 Å². The summed E-state index contributed by atoms with van der Waals surface area (Å²) in [5.74, 6) is -0.0410. The molecule has 7 nitrogen and oxygen atoms in total. The molecule has 0 aliphatic carbocycles. The van der Waals surface area contributed by atoms with Crippen LogP contribution in [0.15, 0.2) is 48.5 Å². The molecule has 2 aliphatic heterocycles. The summed E-state index contributed by atoms with van der Waals surface area (Å²) in [6, 6.07) is 16.1. The normalized spacial score (nSPS) is 23.2. The van der Waals surface area contributed by atoms with Crippen molar-refractivity contribution in [2.75, 3.05) is 30.4 Å². The zero-order valence-corrected chi connectivity index (χ0v) is 18.0. The molecular weight excluding hydrogens is 390 g/mol. The number of aliphatic hydroxyl groups excluding tert-OH is 1. The van der Waals surface area contributed by atoms with Crippen LogP contribution in [-0.2, 0) is 6.54 Å². The summed E-state index contributed by atoms with van der Waals surface area (Å²) >= 11 is 0. The van der Waals surface area contributed by atoms with E-state index in [0.717, 1.165) is 17.9 Å². The van der Waals surface area contributed by atoms with Gasteiger partial charge in [0.25, 0.3) is 5.91 Å². The molecule has 2 aliphatic rings. The predicted molar refractivity (Wildman–Crippen MR) is 123 cm³/mol. The largest absolute Gasteiger partial charge is 0.391 e. The molecule has 1 saturated heterocycles. The summed E-state index contributed by atoms with van der Waals surface area (Å²) in [6.07, 6.45) is -0.0284. The van der Waals surface area contributed by atoms with Crippen LogP contribution in [0.3, 0.4) is 0 Å². The highest BCUT2D eigenvalue weighted by Gasteiger charge is 2.32. The third kappa shape index (κ3) is 3.25. The van der Waals surface area contributed by atoms with Crippen LogP contribution in [0.1, 0.15) is 35.6 Å². The van der Waals surface area contributed by atoms with Crippen LogP contribution in [0.2, 0.25) is 0 Å². The van der Waals surface area contributed by atoms with Crippen molar-refractivity contribution in [1.82, 2.24) is 9.47 Å². The first-order valence-electron chi connectivity index (χ1n) is 10.9. The number of rotatable bonds is 3. The van der Waals surface area contributed by atoms with Crippen molar-refractivity contribution < 1.29 is 9.90 Å². The highest BCUT2D eigenvalue weighted by atomic mass is 16.3. The van der Waals surface area contributed by atoms with E-state index < -0.39 is 12.1 Å². The highest BCUT2D eigenvalue weighted by Crippen LogP contribution is 2.42. The Hall–Kier alpha value is -3.03. The minimum absolute atomic E-state index is 0.00809. The van der Waals surface area contributed by atoms with E-state index in [4.69, 9.17) is 5.73 Å². The van der Waals surface area contributed by atoms with Crippen LogP contribution >= 0.6 is 0 Å². The predicted octanol–water partition coefficient (Wildman–Crippen LogP) is 2.76. The molecular formula is C24H29N5O2. The van der Waals surface area contributed by atoms with E-state index in [9.17, 15) is 9.90 Å². The molecule has 0 radical (unpaired) electrons. The molecule has 31 heavy (non-hydrogen) atoms. The molecule has 0 spiro atoms. The number of anilines is 2. The maximum absolute atomic E-state index is 13.0. The van der Waals surface area contributed by atoms with Gasteiger partial charge in [0, 0.05) is 49.2 Å². The van der Waals surface area contributed by atoms with E-state index in [2.05, 4.69) is 59.1 Å². The van der Waals surface area contributed by atoms with Gasteiger partial charge in [-0.25, -0.2) is 0 Å². The average molecular weight is 420 g/mol. The number of aliphatic hydroxyl groups is 1. The number of aryl methyl sites for hydroxylation is 1. The molecule has 0 bridgehead atoms. The Morgan fingerprint density at radius 3 is 2.81 bits per heavy atom. The molecule has 5 rings (SSSR count). The third-order valence-corrected chi connectivity index (χ3v) is 6.65. The molecule has 1 fully saturated rings. The standard InChI is InChI=1S/C24H29N5O2/c1-3-29-19-7-5-4-6-15(19)13-21(29)23-26-18-12-16(8-9-20(18)27(23)2)24(31)28-11-10-22(30)17(25)14-28/h4-9,12-13,17,22-23,26,30H,3,10-11,14,25H2,1-2H3/t17-,22+,23?/m0/s1. The van der Waals surface area contributed by atoms with Crippen LogP contribution in [0.25, 0.3) is 10.9 Å². The van der Waals surface area contributed by atoms with Gasteiger partial charge in [0.2, 0.25) is 0 Å². The first kappa shape index (κ1) is 19.9. The number of benzene rings is 2. The van der Waals surface area contributed by atoms with Crippen LogP contribution in [-0.4, -0.2) is 52.8 Å². The van der Waals surface area contributed by atoms with E-state index in [-0.39, 0.29) is 12.1 Å². The summed E-state index contributed by atoms with van der Waals surface area (Å²) in [5.41, 5.74) is 11.1. The van der Waals surface area contributed by atoms with Gasteiger partial charge in [-0.3, -0.25) is 4.79 Å². The summed E-state index contributed by atoms with van der Waals surface area (Å²) in [5, 5.41) is 14.7. The maximum atomic E-state index is 13.0. The van der Waals surface area contributed by atoms with Crippen LogP contribution in [0.4, 0.5) is 11.4 Å². The molecule has 3 atom stereocenters. The summed E-state index contributed by atoms with van der Waals surface area (Å²) in [4.78, 5) is 17.0. The molecule has 162 valence electrons. The summed E-state index contributed by atoms with van der Waals surface area (Å²) < 4.78 is 2.34. The second-order valence-electron chi connectivity index (χ2n) is 8.53. The Balaban J connectivity index is 1.43. The minimum Gasteiger partial charge on any atom is -0.391 e. The SMILES string of the molecule is CCn1c(C2Nc3cc(C(=O)N4CC[C@@H](O)[C@@H](N)C4)ccc3N2C)cc2ccccc21. The van der Waals surface area contributed by atoms with E-state index in [1.54, 1.807) is 4.90 Å². The van der Waals surface area contributed by atoms with Gasteiger partial charge in [0.15, 0.2) is 0 Å². The lowest BCUT2D eigenvalue weighted by molar-refractivity contribution is 0.0459. The number of hydrogen-bond acceptors (Lipinski definition) is 5. The third-order valence-electron chi connectivity index (χ3n) is 6.65. The molecule has 3 heterocycles. The van der Waals surface area contributed by atoms with Gasteiger partial charge in [-0.1, -0.05) is 18.2 Å². The van der Waals surface area contributed by atoms with Crippen molar-refractivity contribution in [2.24, 2.45) is 5.73 Å². The van der Waals surface area contributed by atoms with Gasteiger partial charge in [-0.2, -0.15) is 0 Å². The lowest BCUT2D eigenvalue weighted by Gasteiger charge is -2.34. The van der Waals surface area contributed by atoms with Crippen molar-refractivity contribution in [3.63, 3.8) is 0 Å². The van der Waals surface area contributed by atoms with Gasteiger partial charge in [0.05, 0.1) is 23.2 Å². The topological polar surface area (TPSA) is 86.8 Å². The van der Waals surface area contributed by atoms with Crippen molar-refractivity contribution in [3.8, 4) is 0 Å². The minimum atomic E-state index is -0.537. The number of carbonyl (C=O) groups is 1. The van der Waals surface area contributed by atoms with Crippen LogP contribution < -0.4 is 16.0 Å². The fourth-order valence-electron chi connectivity index (χ4n) is 4.90. The fraction of sp³-hybridized carbons (Fsp3) is 0.375. The van der Waals surface area contributed by atoms with Crippen molar-refractivity contribution in [1.29, 1.82) is 0 Å². The number of nitrogens with two attached hydrogens (primary N) is 1. The number of amides is 1. The molecule has 4 N–H and O–H groups in total. The van der Waals surface area contributed by atoms with Gasteiger partial charge in [-0.15, -0.1) is 0 Å². The van der Waals surface area contributed by atoms with E-state index in [0.29, 0.717) is 25.1 Å². The number of likely N-dealkylation sites (tertiary alicyclic amines) is 1. The number of carbonyl (C=O) groups excluding carboxylic acids is 1. The first-order chi connectivity index (χ1) is 15.0. The van der Waals surface area contributed by atoms with E-state index in [1.165, 1.54) is 16.6 Å². The fourth-order valence-corrected chi connectivity index (χ4v) is 4.90. The molecule has 3 aromatic rings. The Kier molecular flexibility index (Phi) is 4.87. The number of para-hydroxylation sites is 1. The Morgan fingerprint density at radius 2 is 2.03 bits per heavy atom. The number of hydrogen-bond donors (Lipinski definition) is 3. The monoisotopic (exact) mass is 419 g/mol. The van der Waals surface area contributed by atoms with Gasteiger partial charge >= 0.3 is 0 Å². The highest BCUT2D eigenvalue weighted by molar-refractivity contribution is 5.97. The van der Waals surface area contributed by atoms with Crippen LogP contribution in [0.5, 0.6) is 0 Å². The van der Waals surface area contributed by atoms with E-state index >= 15 is 0 Å². The Bertz CT molecular complexity index is 1140. The number of aromatic nitrogens is 1. The average Bonchev–Trinajstić information content (AvgIpc) is 3.32. The second-order valence-corrected chi connectivity index (χ2v) is 8.53. The maximum Gasteiger partial charge on any atom is 0.253 e. The number of nitrogens with zero attached hydrogens (tertiary/aromatic N) is 3. The van der Waals surface area contributed by atoms with E-state index in [1.807, 2.05) is 18.2 Å². The lowest BCUT2D eigenvalue weighted by atomic mass is 10.0. The smallest absolute Gasteiger partial charge is 0.253 e. The Labute approximate surface area is 182 Å². The number of nitrogens with one attached hydrogen (secondary N) is 1. The van der Waals surface area contributed by atoms with Crippen molar-refractivity contribution >= 4 is 28.2 Å². The summed E-state index contributed by atoms with van der Waals surface area (Å²) in [6.45, 7) is 3.95. The van der Waals surface area contributed by atoms with Gasteiger partial charge in [-0.05, 0) is 43.7 Å². The Morgan fingerprint density at radius 1 is 1.23 bits per heavy atom. The number of fused-ring (bicyclic) bond motifs is 2. The van der Waals surface area contributed by atoms with Gasteiger partial charge in [0.1, 0.15) is 6.17 Å². The quantitative estimate of drug-likeness (QED) is 0.608. The lowest BCUT2D eigenvalue weighted by Crippen LogP contribution is -2.53. The molecule has 0 saturated carbocycles. The zero-order valence-electron chi connectivity index (χ0n) is 18.0.